The number of pyridine rings is 2. The number of anilines is 2. The Balaban J connectivity index is 0.000000303. The van der Waals surface area contributed by atoms with Gasteiger partial charge in [-0.25, -0.2) is 34.3 Å². The zero-order chi connectivity index (χ0) is 98.4. The van der Waals surface area contributed by atoms with E-state index in [2.05, 4.69) is 97.8 Å². The normalized spacial score (nSPS) is 12.7. The molecule has 0 unspecified atom stereocenters. The van der Waals surface area contributed by atoms with Crippen LogP contribution in [-0.2, 0) is 120 Å². The van der Waals surface area contributed by atoms with Gasteiger partial charge in [-0.15, -0.1) is 5.06 Å². The van der Waals surface area contributed by atoms with Gasteiger partial charge < -0.3 is 107 Å². The van der Waals surface area contributed by atoms with Crippen molar-refractivity contribution in [2.75, 3.05) is 143 Å². The van der Waals surface area contributed by atoms with Crippen LogP contribution >= 0.6 is 0 Å². The number of hydrogen-bond donors (Lipinski definition) is 10. The van der Waals surface area contributed by atoms with Crippen LogP contribution < -0.4 is 55.3 Å². The van der Waals surface area contributed by atoms with E-state index in [1.807, 2.05) is 107 Å². The van der Waals surface area contributed by atoms with Crippen LogP contribution in [0.2, 0.25) is 0 Å². The molecule has 4 aromatic carbocycles. The molecule has 0 radical (unpaired) electrons. The van der Waals surface area contributed by atoms with Gasteiger partial charge in [-0.1, -0.05) is 150 Å². The first-order valence-corrected chi connectivity index (χ1v) is 46.4. The number of benzene rings is 4. The Morgan fingerprint density at radius 2 is 0.846 bits per heavy atom. The number of nitrogens with zero attached hydrogens (tertiary/aromatic N) is 13. The lowest BCUT2D eigenvalue weighted by Crippen LogP contribution is -2.46. The molecule has 8 aromatic rings. The van der Waals surface area contributed by atoms with Crippen molar-refractivity contribution in [2.45, 2.75) is 183 Å². The van der Waals surface area contributed by atoms with Gasteiger partial charge in [0.15, 0.2) is 23.2 Å². The average molecular weight is 1890 g/mol. The highest BCUT2D eigenvalue weighted by Crippen LogP contribution is 2.33. The minimum Gasteiger partial charge on any atom is -0.382 e. The van der Waals surface area contributed by atoms with Crippen molar-refractivity contribution in [3.8, 4) is 0 Å². The topological polar surface area (TPSA) is 606 Å². The second kappa shape index (κ2) is 62.1. The molecule has 15 N–H and O–H groups in total. The van der Waals surface area contributed by atoms with E-state index in [1.165, 1.54) is 0 Å². The third kappa shape index (κ3) is 39.0. The lowest BCUT2D eigenvalue weighted by atomic mass is 9.89. The Bertz CT molecular complexity index is 5200. The number of Topliss-reactive ketones (excluding diaryl/α,β-unsaturated/α-hetero) is 2. The van der Waals surface area contributed by atoms with Gasteiger partial charge in [0, 0.05) is 130 Å². The number of imide groups is 1. The lowest BCUT2D eigenvalue weighted by Gasteiger charge is -2.24. The molecule has 4 aromatic heterocycles. The summed E-state index contributed by atoms with van der Waals surface area (Å²) >= 11 is 0. The number of azide groups is 2. The molecule has 136 heavy (non-hydrogen) atoms. The molecule has 1 aliphatic rings. The first-order valence-electron chi connectivity index (χ1n) is 46.4. The van der Waals surface area contributed by atoms with Crippen LogP contribution in [0.3, 0.4) is 0 Å². The SMILES string of the molecule is CCCCc1nc2c(N)nc3ccccc3c2n1Cc1ccc(CNC(=O)[C@H](CCCNC(N)=O)CC(=O)[C@@H](N)C(C)C)cc1.CCCCc1nc2c(N)nc3ccccc3c2n1Cc1ccc(CNC(=O)[C@H](CCCNC(N)=O)CC(=O)[C@@H](NC(=O)CCOCCOCCOCCOCCN=[N+]=[N-])C(C)C)cc1.[N-]=[N+]=NCCOCCOCCOCCOCCC(=O)ON1C(=O)CCC1=O. The molecule has 9 amide bonds. The Hall–Kier alpha value is -12.6. The summed E-state index contributed by atoms with van der Waals surface area (Å²) in [5.41, 5.74) is 54.5. The number of primary amides is 2. The molecule has 4 atom stereocenters. The van der Waals surface area contributed by atoms with Crippen LogP contribution in [0.4, 0.5) is 21.2 Å². The fourth-order valence-corrected chi connectivity index (χ4v) is 14.5. The smallest absolute Gasteiger partial charge is 0.335 e. The molecule has 0 aliphatic carbocycles. The van der Waals surface area contributed by atoms with Crippen molar-refractivity contribution in [1.82, 2.24) is 60.7 Å². The van der Waals surface area contributed by atoms with E-state index >= 15 is 0 Å². The second-order valence-corrected chi connectivity index (χ2v) is 32.9. The summed E-state index contributed by atoms with van der Waals surface area (Å²) in [7, 11) is 0. The maximum Gasteiger partial charge on any atom is 0.335 e. The molecule has 42 nitrogen and oxygen atoms in total. The molecule has 42 heteroatoms. The summed E-state index contributed by atoms with van der Waals surface area (Å²) in [6.45, 7) is 20.0. The standard InChI is InChI=1S/C45H65N11O8.C34H46N8O3.C15H24N4O8/c1-4-5-12-38-53-41-42(35-10-6-7-11-36(35)52-43(41)46)56(38)30-33-15-13-32(14-16-33)29-50-44(59)34(9-8-18-49-45(47)60)28-37(57)40(31(2)3)54-39(58)17-20-61-22-24-63-26-27-64-25-23-62-21-19-51-55-48;1-4-5-12-28-41-30-31(25-10-6-7-11-26(25)40-32(30)36)42(28)20-23-15-13-22(14-16-23)19-39-33(44)24(9-8-17-38-34(37)45)18-27(43)29(35)21(2)3;16-18-17-4-6-24-8-10-26-12-11-25-9-7-23-5-3-15(22)27-19-13(20)1-2-14(19)21/h6-7,10-11,13-16,31,34,40H,4-5,8-9,12,17-30H2,1-3H3,(H2,46,52)(H,50,59)(H,54,58)(H3,47,49,60);6-7,10-11,13-16,21,24,29H,4-5,8-9,12,17-20,35H2,1-3H3,(H2,36,40)(H,39,44)(H3,37,38,45);1-12H2/t34-,40+;24-,29+;/m11./s1. The third-order valence-electron chi connectivity index (χ3n) is 21.8. The van der Waals surface area contributed by atoms with E-state index in [0.717, 1.165) is 111 Å². The van der Waals surface area contributed by atoms with Gasteiger partial charge >= 0.3 is 18.0 Å². The zero-order valence-corrected chi connectivity index (χ0v) is 78.9. The van der Waals surface area contributed by atoms with Crippen LogP contribution in [0.25, 0.3) is 64.8 Å². The van der Waals surface area contributed by atoms with Gasteiger partial charge in [0.25, 0.3) is 11.8 Å². The molecule has 1 aliphatic heterocycles. The Morgan fingerprint density at radius 1 is 0.471 bits per heavy atom. The van der Waals surface area contributed by atoms with Gasteiger partial charge in [0.2, 0.25) is 17.7 Å². The highest BCUT2D eigenvalue weighted by atomic mass is 16.7. The first-order chi connectivity index (χ1) is 65.7. The second-order valence-electron chi connectivity index (χ2n) is 32.9. The number of unbranched alkanes of at least 4 members (excludes halogenated alkanes) is 2. The van der Waals surface area contributed by atoms with E-state index in [0.29, 0.717) is 160 Å². The number of carbonyl (C=O) groups excluding carboxylic acids is 10. The number of para-hydroxylation sites is 2. The minimum atomic E-state index is -0.806. The lowest BCUT2D eigenvalue weighted by molar-refractivity contribution is -0.198. The maximum atomic E-state index is 13.7. The largest absolute Gasteiger partial charge is 0.382 e. The van der Waals surface area contributed by atoms with Crippen molar-refractivity contribution in [3.63, 3.8) is 0 Å². The van der Waals surface area contributed by atoms with Gasteiger partial charge in [0.1, 0.15) is 22.7 Å². The third-order valence-corrected chi connectivity index (χ3v) is 21.8. The quantitative estimate of drug-likeness (QED) is 0.00557. The van der Waals surface area contributed by atoms with Crippen LogP contribution in [0.15, 0.2) is 107 Å². The number of urea groups is 2. The summed E-state index contributed by atoms with van der Waals surface area (Å²) in [5.74, 6) is -1.72. The van der Waals surface area contributed by atoms with E-state index in [4.69, 9.17) is 92.4 Å². The van der Waals surface area contributed by atoms with Crippen molar-refractivity contribution in [2.24, 2.45) is 51.1 Å². The molecular weight excluding hydrogens is 1760 g/mol. The molecule has 1 fully saturated rings. The molecule has 0 saturated carbocycles. The Kier molecular flexibility index (Phi) is 50.4. The van der Waals surface area contributed by atoms with Gasteiger partial charge in [-0.3, -0.25) is 33.6 Å². The fraction of sp³-hybridized carbons (Fsp3) is 0.553. The number of carbonyl (C=O) groups is 10. The van der Waals surface area contributed by atoms with Crippen LogP contribution in [-0.4, -0.2) is 237 Å². The predicted molar refractivity (Wildman–Crippen MR) is 511 cm³/mol. The van der Waals surface area contributed by atoms with E-state index < -0.39 is 53.8 Å². The van der Waals surface area contributed by atoms with E-state index in [1.54, 1.807) is 0 Å². The van der Waals surface area contributed by atoms with Crippen LogP contribution in [0.1, 0.15) is 165 Å². The Morgan fingerprint density at radius 3 is 1.23 bits per heavy atom. The van der Waals surface area contributed by atoms with Gasteiger partial charge in [-0.2, -0.15) is 0 Å². The van der Waals surface area contributed by atoms with E-state index in [9.17, 15) is 47.9 Å². The number of hydroxylamine groups is 2. The number of ketones is 2. The number of nitrogens with two attached hydrogens (primary N) is 5. The summed E-state index contributed by atoms with van der Waals surface area (Å²) in [6, 6.07) is 29.3. The van der Waals surface area contributed by atoms with Crippen molar-refractivity contribution < 1.29 is 90.7 Å². The minimum absolute atomic E-state index is 0.0213. The van der Waals surface area contributed by atoms with Crippen LogP contribution in [0.5, 0.6) is 0 Å². The molecule has 9 rings (SSSR count). The summed E-state index contributed by atoms with van der Waals surface area (Å²) in [4.78, 5) is 152. The van der Waals surface area contributed by atoms with Gasteiger partial charge in [-0.05, 0) is 95.8 Å². The summed E-state index contributed by atoms with van der Waals surface area (Å²) in [6.07, 6.45) is 7.48. The number of aromatic nitrogens is 6. The number of rotatable bonds is 64. The number of ether oxygens (including phenoxy) is 8. The number of imidazole rings is 2. The van der Waals surface area contributed by atoms with Crippen molar-refractivity contribution in [3.05, 3.63) is 152 Å². The maximum absolute atomic E-state index is 13.7. The molecule has 1 saturated heterocycles. The van der Waals surface area contributed by atoms with Crippen LogP contribution in [0, 0.1) is 23.7 Å². The number of aryl methyl sites for hydroxylation is 2. The number of nitrogens with one attached hydrogen (secondary N) is 5. The van der Waals surface area contributed by atoms with E-state index in [-0.39, 0.29) is 126 Å². The number of fused-ring (bicyclic) bond motifs is 6. The summed E-state index contributed by atoms with van der Waals surface area (Å²) < 4.78 is 47.0. The first kappa shape index (κ1) is 110. The fourth-order valence-electron chi connectivity index (χ4n) is 14.5. The average Bonchev–Trinajstić information content (AvgIpc) is 1.63. The highest BCUT2D eigenvalue weighted by Gasteiger charge is 2.34. The highest BCUT2D eigenvalue weighted by molar-refractivity contribution is 6.08. The monoisotopic (exact) mass is 1890 g/mol. The Labute approximate surface area is 791 Å². The van der Waals surface area contributed by atoms with Crippen molar-refractivity contribution in [1.29, 1.82) is 0 Å². The molecule has 740 valence electrons. The molecule has 0 bridgehead atoms. The number of hydrogen-bond acceptors (Lipinski definition) is 28. The number of nitrogen functional groups attached to an aromatic ring is 2. The zero-order valence-electron chi connectivity index (χ0n) is 78.9. The van der Waals surface area contributed by atoms with Crippen molar-refractivity contribution >= 4 is 115 Å². The molecule has 5 heterocycles. The molecular formula is C94H135N23O19. The predicted octanol–water partition coefficient (Wildman–Crippen LogP) is 9.65. The van der Waals surface area contributed by atoms with Gasteiger partial charge in [0.05, 0.1) is 146 Å². The number of amides is 9. The molecule has 0 spiro atoms. The summed E-state index contributed by atoms with van der Waals surface area (Å²) in [5, 5.41) is 23.1.